The monoisotopic (exact) mass is 260 g/mol. The fourth-order valence-electron chi connectivity index (χ4n) is 1.62. The van der Waals surface area contributed by atoms with Crippen molar-refractivity contribution in [1.82, 2.24) is 0 Å². The molecule has 1 N–H and O–H groups in total. The molecule has 90 valence electrons. The van der Waals surface area contributed by atoms with E-state index in [1.54, 1.807) is 30.3 Å². The van der Waals surface area contributed by atoms with E-state index in [0.717, 1.165) is 5.56 Å². The summed E-state index contributed by atoms with van der Waals surface area (Å²) in [7, 11) is 0. The Kier molecular flexibility index (Phi) is 3.50. The summed E-state index contributed by atoms with van der Waals surface area (Å²) in [5, 5.41) is 11.8. The predicted octanol–water partition coefficient (Wildman–Crippen LogP) is 4.40. The van der Waals surface area contributed by atoms with E-state index < -0.39 is 5.82 Å². The molecular weight excluding hydrogens is 251 g/mol. The highest BCUT2D eigenvalue weighted by atomic mass is 35.5. The first-order valence-corrected chi connectivity index (χ1v) is 5.71. The maximum Gasteiger partial charge on any atom is 0.165 e. The van der Waals surface area contributed by atoms with E-state index in [9.17, 15) is 4.39 Å². The molecule has 0 bridgehead atoms. The number of aryl methyl sites for hydroxylation is 1. The molecule has 2 nitrogen and oxygen atoms in total. The molecule has 0 aromatic heterocycles. The highest BCUT2D eigenvalue weighted by Gasteiger charge is 2.06. The number of nitriles is 1. The lowest BCUT2D eigenvalue weighted by Crippen LogP contribution is -1.95. The molecule has 0 saturated carbocycles. The summed E-state index contributed by atoms with van der Waals surface area (Å²) in [6, 6.07) is 12.1. The maximum absolute atomic E-state index is 13.7. The van der Waals surface area contributed by atoms with Gasteiger partial charge in [-0.15, -0.1) is 0 Å². The summed E-state index contributed by atoms with van der Waals surface area (Å²) in [5.41, 5.74) is 2.47. The molecule has 2 aromatic carbocycles. The molecule has 18 heavy (non-hydrogen) atoms. The quantitative estimate of drug-likeness (QED) is 0.869. The number of rotatable bonds is 2. The molecule has 0 amide bonds. The van der Waals surface area contributed by atoms with Crippen LogP contribution in [0.5, 0.6) is 0 Å². The highest BCUT2D eigenvalue weighted by molar-refractivity contribution is 6.31. The van der Waals surface area contributed by atoms with Crippen molar-refractivity contribution in [3.8, 4) is 6.07 Å². The lowest BCUT2D eigenvalue weighted by Gasteiger charge is -2.09. The van der Waals surface area contributed by atoms with Crippen molar-refractivity contribution in [1.29, 1.82) is 5.26 Å². The van der Waals surface area contributed by atoms with Crippen LogP contribution in [0.25, 0.3) is 0 Å². The third-order valence-corrected chi connectivity index (χ3v) is 2.87. The van der Waals surface area contributed by atoms with E-state index in [1.165, 1.54) is 6.07 Å². The fraction of sp³-hybridized carbons (Fsp3) is 0.0714. The van der Waals surface area contributed by atoms with E-state index in [1.807, 2.05) is 6.92 Å². The van der Waals surface area contributed by atoms with Crippen LogP contribution in [0.1, 0.15) is 11.1 Å². The second-order valence-electron chi connectivity index (χ2n) is 3.87. The van der Waals surface area contributed by atoms with Crippen molar-refractivity contribution < 1.29 is 4.39 Å². The van der Waals surface area contributed by atoms with E-state index >= 15 is 0 Å². The number of anilines is 2. The summed E-state index contributed by atoms with van der Waals surface area (Å²) in [4.78, 5) is 0. The van der Waals surface area contributed by atoms with Crippen molar-refractivity contribution in [2.75, 3.05) is 5.32 Å². The van der Waals surface area contributed by atoms with E-state index in [2.05, 4.69) is 11.4 Å². The molecule has 2 aromatic rings. The fourth-order valence-corrected chi connectivity index (χ4v) is 1.80. The third-order valence-electron chi connectivity index (χ3n) is 2.58. The molecular formula is C14H10ClFN2. The summed E-state index contributed by atoms with van der Waals surface area (Å²) < 4.78 is 13.7. The Hall–Kier alpha value is -2.05. The average Bonchev–Trinajstić information content (AvgIpc) is 2.35. The molecule has 0 unspecified atom stereocenters. The molecule has 0 radical (unpaired) electrons. The van der Waals surface area contributed by atoms with Crippen molar-refractivity contribution in [2.24, 2.45) is 0 Å². The third kappa shape index (κ3) is 2.44. The standard InChI is InChI=1S/C14H10ClFN2/c1-9-7-11(6-5-10(9)8-17)18-13-4-2-3-12(15)14(13)16/h2-7,18H,1H3. The van der Waals surface area contributed by atoms with Crippen molar-refractivity contribution in [2.45, 2.75) is 6.92 Å². The second-order valence-corrected chi connectivity index (χ2v) is 4.28. The van der Waals surface area contributed by atoms with Gasteiger partial charge in [0.2, 0.25) is 0 Å². The number of hydrogen-bond acceptors (Lipinski definition) is 2. The van der Waals surface area contributed by atoms with Gasteiger partial charge in [0, 0.05) is 5.69 Å². The zero-order chi connectivity index (χ0) is 13.1. The van der Waals surface area contributed by atoms with Gasteiger partial charge in [-0.1, -0.05) is 17.7 Å². The molecule has 0 fully saturated rings. The molecule has 0 spiro atoms. The van der Waals surface area contributed by atoms with Crippen molar-refractivity contribution in [3.63, 3.8) is 0 Å². The number of nitrogens with zero attached hydrogens (tertiary/aromatic N) is 1. The van der Waals surface area contributed by atoms with Crippen LogP contribution in [0.3, 0.4) is 0 Å². The minimum atomic E-state index is -0.485. The van der Waals surface area contributed by atoms with Crippen LogP contribution < -0.4 is 5.32 Å². The van der Waals surface area contributed by atoms with Gasteiger partial charge in [0.1, 0.15) is 0 Å². The summed E-state index contributed by atoms with van der Waals surface area (Å²) in [6.45, 7) is 1.83. The SMILES string of the molecule is Cc1cc(Nc2cccc(Cl)c2F)ccc1C#N. The van der Waals surface area contributed by atoms with Gasteiger partial charge in [0.05, 0.1) is 22.3 Å². The molecule has 0 atom stereocenters. The van der Waals surface area contributed by atoms with Gasteiger partial charge in [0.25, 0.3) is 0 Å². The Labute approximate surface area is 110 Å². The van der Waals surface area contributed by atoms with Gasteiger partial charge in [0.15, 0.2) is 5.82 Å². The van der Waals surface area contributed by atoms with Crippen LogP contribution in [0, 0.1) is 24.1 Å². The van der Waals surface area contributed by atoms with Gasteiger partial charge in [-0.2, -0.15) is 5.26 Å². The Morgan fingerprint density at radius 1 is 1.28 bits per heavy atom. The molecule has 0 aliphatic carbocycles. The zero-order valence-corrected chi connectivity index (χ0v) is 10.4. The zero-order valence-electron chi connectivity index (χ0n) is 9.67. The van der Waals surface area contributed by atoms with Crippen LogP contribution in [-0.4, -0.2) is 0 Å². The molecule has 2 rings (SSSR count). The van der Waals surface area contributed by atoms with E-state index in [0.29, 0.717) is 16.9 Å². The second kappa shape index (κ2) is 5.07. The minimum absolute atomic E-state index is 0.0744. The highest BCUT2D eigenvalue weighted by Crippen LogP contribution is 2.26. The predicted molar refractivity (Wildman–Crippen MR) is 70.6 cm³/mol. The van der Waals surface area contributed by atoms with E-state index in [4.69, 9.17) is 16.9 Å². The first-order valence-electron chi connectivity index (χ1n) is 5.33. The number of hydrogen-bond donors (Lipinski definition) is 1. The Balaban J connectivity index is 2.32. The topological polar surface area (TPSA) is 35.8 Å². The number of nitrogens with one attached hydrogen (secondary N) is 1. The normalized spacial score (nSPS) is 9.89. The van der Waals surface area contributed by atoms with Crippen LogP contribution in [0.15, 0.2) is 36.4 Å². The van der Waals surface area contributed by atoms with Gasteiger partial charge in [-0.25, -0.2) is 4.39 Å². The van der Waals surface area contributed by atoms with Crippen LogP contribution in [-0.2, 0) is 0 Å². The molecule has 4 heteroatoms. The number of benzene rings is 2. The van der Waals surface area contributed by atoms with Crippen molar-refractivity contribution in [3.05, 3.63) is 58.4 Å². The first-order chi connectivity index (χ1) is 8.61. The lowest BCUT2D eigenvalue weighted by atomic mass is 10.1. The van der Waals surface area contributed by atoms with E-state index in [-0.39, 0.29) is 5.02 Å². The van der Waals surface area contributed by atoms with Crippen molar-refractivity contribution >= 4 is 23.0 Å². The Morgan fingerprint density at radius 2 is 2.06 bits per heavy atom. The van der Waals surface area contributed by atoms with Crippen LogP contribution in [0.4, 0.5) is 15.8 Å². The summed E-state index contributed by atoms with van der Waals surface area (Å²) in [6.07, 6.45) is 0. The molecule has 0 aliphatic heterocycles. The minimum Gasteiger partial charge on any atom is -0.353 e. The smallest absolute Gasteiger partial charge is 0.165 e. The first kappa shape index (κ1) is 12.4. The Bertz CT molecular complexity index is 632. The van der Waals surface area contributed by atoms with Crippen LogP contribution >= 0.6 is 11.6 Å². The van der Waals surface area contributed by atoms with Gasteiger partial charge < -0.3 is 5.32 Å². The Morgan fingerprint density at radius 3 is 2.72 bits per heavy atom. The largest absolute Gasteiger partial charge is 0.353 e. The molecule has 0 aliphatic rings. The van der Waals surface area contributed by atoms with Gasteiger partial charge >= 0.3 is 0 Å². The molecule has 0 saturated heterocycles. The molecule has 0 heterocycles. The lowest BCUT2D eigenvalue weighted by molar-refractivity contribution is 0.632. The van der Waals surface area contributed by atoms with Gasteiger partial charge in [-0.05, 0) is 42.8 Å². The van der Waals surface area contributed by atoms with Crippen LogP contribution in [0.2, 0.25) is 5.02 Å². The average molecular weight is 261 g/mol. The number of halogens is 2. The van der Waals surface area contributed by atoms with Gasteiger partial charge in [-0.3, -0.25) is 0 Å². The maximum atomic E-state index is 13.7. The summed E-state index contributed by atoms with van der Waals surface area (Å²) in [5.74, 6) is -0.485. The summed E-state index contributed by atoms with van der Waals surface area (Å²) >= 11 is 5.70.